The van der Waals surface area contributed by atoms with Crippen LogP contribution in [0.25, 0.3) is 0 Å². The van der Waals surface area contributed by atoms with Crippen molar-refractivity contribution in [1.82, 2.24) is 0 Å². The highest BCUT2D eigenvalue weighted by Gasteiger charge is 2.54. The number of aliphatic carboxylic acids is 1. The zero-order chi connectivity index (χ0) is 11.2. The molecular weight excluding hydrogens is 226 g/mol. The van der Waals surface area contributed by atoms with E-state index >= 15 is 0 Å². The van der Waals surface area contributed by atoms with Crippen molar-refractivity contribution in [2.24, 2.45) is 0 Å². The van der Waals surface area contributed by atoms with Crippen molar-refractivity contribution in [3.63, 3.8) is 0 Å². The smallest absolute Gasteiger partial charge is 0.314 e. The van der Waals surface area contributed by atoms with Gasteiger partial charge in [-0.15, -0.1) is 0 Å². The summed E-state index contributed by atoms with van der Waals surface area (Å²) < 4.78 is 26.5. The molecule has 0 spiro atoms. The van der Waals surface area contributed by atoms with Gasteiger partial charge >= 0.3 is 5.97 Å². The molecule has 1 aromatic rings. The predicted molar refractivity (Wildman–Crippen MR) is 49.9 cm³/mol. The fourth-order valence-corrected chi connectivity index (χ4v) is 2.00. The molecule has 0 heterocycles. The molecule has 0 saturated heterocycles. The first-order chi connectivity index (χ1) is 6.99. The molecule has 1 aliphatic rings. The van der Waals surface area contributed by atoms with E-state index in [1.807, 2.05) is 0 Å². The monoisotopic (exact) mass is 232 g/mol. The van der Waals surface area contributed by atoms with Crippen LogP contribution in [0.5, 0.6) is 0 Å². The summed E-state index contributed by atoms with van der Waals surface area (Å²) in [7, 11) is 0. The van der Waals surface area contributed by atoms with Crippen LogP contribution >= 0.6 is 11.6 Å². The third-order valence-electron chi connectivity index (χ3n) is 2.68. The van der Waals surface area contributed by atoms with Gasteiger partial charge in [0.05, 0.1) is 10.4 Å². The van der Waals surface area contributed by atoms with Gasteiger partial charge in [0.2, 0.25) is 0 Å². The number of halogens is 3. The lowest BCUT2D eigenvalue weighted by molar-refractivity contribution is -0.140. The average Bonchev–Trinajstić information content (AvgIpc) is 2.93. The standard InChI is InChI=1S/C10H7ClF2O2/c11-8-6(13)2-1-5(12)7(8)10(3-4-10)9(14)15/h1-2H,3-4H2,(H,14,15). The Labute approximate surface area is 89.5 Å². The number of carboxylic acid groups (broad SMARTS) is 1. The van der Waals surface area contributed by atoms with Gasteiger partial charge in [-0.2, -0.15) is 0 Å². The number of carboxylic acids is 1. The third kappa shape index (κ3) is 1.40. The largest absolute Gasteiger partial charge is 0.481 e. The molecule has 1 aliphatic carbocycles. The molecule has 0 radical (unpaired) electrons. The Morgan fingerprint density at radius 2 is 1.87 bits per heavy atom. The summed E-state index contributed by atoms with van der Waals surface area (Å²) in [4.78, 5) is 11.0. The Morgan fingerprint density at radius 1 is 1.33 bits per heavy atom. The molecule has 5 heteroatoms. The predicted octanol–water partition coefficient (Wildman–Crippen LogP) is 2.73. The number of rotatable bonds is 2. The zero-order valence-electron chi connectivity index (χ0n) is 7.56. The van der Waals surface area contributed by atoms with Crippen LogP contribution in [0.4, 0.5) is 8.78 Å². The molecule has 2 nitrogen and oxygen atoms in total. The lowest BCUT2D eigenvalue weighted by Gasteiger charge is -2.13. The van der Waals surface area contributed by atoms with Gasteiger partial charge in [0.1, 0.15) is 11.6 Å². The molecule has 1 fully saturated rings. The van der Waals surface area contributed by atoms with Crippen LogP contribution in [0, 0.1) is 11.6 Å². The first-order valence-corrected chi connectivity index (χ1v) is 4.74. The fraction of sp³-hybridized carbons (Fsp3) is 0.300. The number of benzene rings is 1. The van der Waals surface area contributed by atoms with E-state index in [1.54, 1.807) is 0 Å². The SMILES string of the molecule is O=C(O)C1(c2c(F)ccc(F)c2Cl)CC1. The normalized spacial score (nSPS) is 17.5. The van der Waals surface area contributed by atoms with Gasteiger partial charge in [-0.25, -0.2) is 8.78 Å². The van der Waals surface area contributed by atoms with Crippen molar-refractivity contribution in [3.05, 3.63) is 34.4 Å². The van der Waals surface area contributed by atoms with Crippen molar-refractivity contribution in [2.45, 2.75) is 18.3 Å². The molecular formula is C10H7ClF2O2. The molecule has 0 aromatic heterocycles. The highest BCUT2D eigenvalue weighted by atomic mass is 35.5. The second kappa shape index (κ2) is 3.17. The Hall–Kier alpha value is -1.16. The van der Waals surface area contributed by atoms with Gasteiger partial charge < -0.3 is 5.11 Å². The number of carbonyl (C=O) groups is 1. The van der Waals surface area contributed by atoms with Crippen molar-refractivity contribution >= 4 is 17.6 Å². The lowest BCUT2D eigenvalue weighted by Crippen LogP contribution is -2.22. The molecule has 0 unspecified atom stereocenters. The number of hydrogen-bond donors (Lipinski definition) is 1. The summed E-state index contributed by atoms with van der Waals surface area (Å²) in [6.45, 7) is 0. The van der Waals surface area contributed by atoms with E-state index in [2.05, 4.69) is 0 Å². The Bertz CT molecular complexity index is 441. The highest BCUT2D eigenvalue weighted by molar-refractivity contribution is 6.32. The average molecular weight is 233 g/mol. The zero-order valence-corrected chi connectivity index (χ0v) is 8.31. The third-order valence-corrected chi connectivity index (χ3v) is 3.05. The van der Waals surface area contributed by atoms with Gasteiger partial charge in [0.25, 0.3) is 0 Å². The van der Waals surface area contributed by atoms with Crippen LogP contribution in [-0.2, 0) is 10.2 Å². The molecule has 15 heavy (non-hydrogen) atoms. The summed E-state index contributed by atoms with van der Waals surface area (Å²) in [5.74, 6) is -2.71. The fourth-order valence-electron chi connectivity index (χ4n) is 1.66. The summed E-state index contributed by atoms with van der Waals surface area (Å²) in [6, 6.07) is 1.79. The quantitative estimate of drug-likeness (QED) is 0.796. The maximum Gasteiger partial charge on any atom is 0.314 e. The van der Waals surface area contributed by atoms with E-state index in [0.29, 0.717) is 12.8 Å². The highest BCUT2D eigenvalue weighted by Crippen LogP contribution is 2.51. The van der Waals surface area contributed by atoms with Crippen LogP contribution in [0.15, 0.2) is 12.1 Å². The Balaban J connectivity index is 2.62. The van der Waals surface area contributed by atoms with Gasteiger partial charge in [-0.1, -0.05) is 11.6 Å². The van der Waals surface area contributed by atoms with E-state index < -0.39 is 28.0 Å². The second-order valence-electron chi connectivity index (χ2n) is 3.61. The Morgan fingerprint density at radius 3 is 2.33 bits per heavy atom. The molecule has 2 rings (SSSR count). The van der Waals surface area contributed by atoms with Crippen molar-refractivity contribution in [3.8, 4) is 0 Å². The summed E-state index contributed by atoms with van der Waals surface area (Å²) in [6.07, 6.45) is 0.588. The molecule has 1 saturated carbocycles. The minimum absolute atomic E-state index is 0.225. The molecule has 80 valence electrons. The minimum atomic E-state index is -1.32. The van der Waals surface area contributed by atoms with Gasteiger partial charge in [-0.05, 0) is 25.0 Å². The molecule has 0 atom stereocenters. The van der Waals surface area contributed by atoms with Crippen molar-refractivity contribution < 1.29 is 18.7 Å². The van der Waals surface area contributed by atoms with Gasteiger partial charge in [-0.3, -0.25) is 4.79 Å². The molecule has 1 aromatic carbocycles. The maximum absolute atomic E-state index is 13.4. The van der Waals surface area contributed by atoms with E-state index in [0.717, 1.165) is 12.1 Å². The summed E-state index contributed by atoms with van der Waals surface area (Å²) in [5, 5.41) is 8.53. The first-order valence-electron chi connectivity index (χ1n) is 4.36. The molecule has 0 bridgehead atoms. The van der Waals surface area contributed by atoms with E-state index in [-0.39, 0.29) is 5.56 Å². The van der Waals surface area contributed by atoms with E-state index in [1.165, 1.54) is 0 Å². The topological polar surface area (TPSA) is 37.3 Å². The Kier molecular flexibility index (Phi) is 2.19. The van der Waals surface area contributed by atoms with Crippen LogP contribution in [-0.4, -0.2) is 11.1 Å². The minimum Gasteiger partial charge on any atom is -0.481 e. The molecule has 0 amide bonds. The summed E-state index contributed by atoms with van der Waals surface area (Å²) >= 11 is 5.59. The van der Waals surface area contributed by atoms with Gasteiger partial charge in [0.15, 0.2) is 0 Å². The van der Waals surface area contributed by atoms with Crippen LogP contribution < -0.4 is 0 Å². The van der Waals surface area contributed by atoms with Gasteiger partial charge in [0, 0.05) is 5.56 Å². The molecule has 1 N–H and O–H groups in total. The molecule has 0 aliphatic heterocycles. The van der Waals surface area contributed by atoms with Crippen LogP contribution in [0.2, 0.25) is 5.02 Å². The lowest BCUT2D eigenvalue weighted by atomic mass is 9.95. The second-order valence-corrected chi connectivity index (χ2v) is 3.98. The van der Waals surface area contributed by atoms with Crippen molar-refractivity contribution in [2.75, 3.05) is 0 Å². The van der Waals surface area contributed by atoms with E-state index in [9.17, 15) is 13.6 Å². The summed E-state index contributed by atoms with van der Waals surface area (Å²) in [5.41, 5.74) is -1.54. The van der Waals surface area contributed by atoms with Crippen LogP contribution in [0.1, 0.15) is 18.4 Å². The first kappa shape index (κ1) is 10.4. The van der Waals surface area contributed by atoms with Crippen LogP contribution in [0.3, 0.4) is 0 Å². The van der Waals surface area contributed by atoms with Crippen molar-refractivity contribution in [1.29, 1.82) is 0 Å². The van der Waals surface area contributed by atoms with E-state index in [4.69, 9.17) is 16.7 Å². The maximum atomic E-state index is 13.4. The number of hydrogen-bond acceptors (Lipinski definition) is 1.